The normalized spacial score (nSPS) is 26.5. The Balaban J connectivity index is 1.52. The van der Waals surface area contributed by atoms with E-state index in [1.54, 1.807) is 36.1 Å². The summed E-state index contributed by atoms with van der Waals surface area (Å²) in [5.41, 5.74) is 2.81. The average molecular weight is 414 g/mol. The summed E-state index contributed by atoms with van der Waals surface area (Å²) in [6.07, 6.45) is -3.24. The molecule has 4 N–H and O–H groups in total. The first kappa shape index (κ1) is 20.4. The van der Waals surface area contributed by atoms with Crippen LogP contribution < -0.4 is 4.74 Å². The van der Waals surface area contributed by atoms with E-state index in [2.05, 4.69) is 15.3 Å². The molecule has 1 aliphatic heterocycles. The minimum absolute atomic E-state index is 0.410. The fourth-order valence-electron chi connectivity index (χ4n) is 3.22. The van der Waals surface area contributed by atoms with E-state index in [9.17, 15) is 20.4 Å². The van der Waals surface area contributed by atoms with Crippen LogP contribution in [0.15, 0.2) is 48.8 Å². The molecule has 1 saturated heterocycles. The van der Waals surface area contributed by atoms with Crippen LogP contribution >= 0.6 is 0 Å². The Labute approximate surface area is 172 Å². The highest BCUT2D eigenvalue weighted by Gasteiger charge is 2.44. The maximum Gasteiger partial charge on any atom is 0.229 e. The van der Waals surface area contributed by atoms with Gasteiger partial charge in [0, 0.05) is 6.20 Å². The van der Waals surface area contributed by atoms with Crippen LogP contribution in [0.2, 0.25) is 0 Å². The van der Waals surface area contributed by atoms with Gasteiger partial charge in [0.2, 0.25) is 6.29 Å². The molecule has 0 amide bonds. The molecule has 0 aliphatic carbocycles. The summed E-state index contributed by atoms with van der Waals surface area (Å²) >= 11 is 0. The fraction of sp³-hybridized carbons (Fsp3) is 0.350. The lowest BCUT2D eigenvalue weighted by molar-refractivity contribution is -0.277. The number of aryl methyl sites for hydroxylation is 1. The Morgan fingerprint density at radius 2 is 1.90 bits per heavy atom. The van der Waals surface area contributed by atoms with E-state index < -0.39 is 37.3 Å². The van der Waals surface area contributed by atoms with Crippen LogP contribution in [0.5, 0.6) is 5.75 Å². The molecule has 30 heavy (non-hydrogen) atoms. The number of aromatic nitrogens is 4. The van der Waals surface area contributed by atoms with Crippen LogP contribution in [-0.4, -0.2) is 77.7 Å². The van der Waals surface area contributed by atoms with Crippen molar-refractivity contribution >= 4 is 0 Å². The zero-order valence-electron chi connectivity index (χ0n) is 16.1. The van der Waals surface area contributed by atoms with Gasteiger partial charge in [0.1, 0.15) is 35.9 Å². The highest BCUT2D eigenvalue weighted by atomic mass is 16.7. The maximum absolute atomic E-state index is 10.1. The first-order valence-electron chi connectivity index (χ1n) is 9.40. The molecule has 3 aromatic rings. The summed E-state index contributed by atoms with van der Waals surface area (Å²) < 4.78 is 12.7. The summed E-state index contributed by atoms with van der Waals surface area (Å²) in [6, 6.07) is 10.8. The van der Waals surface area contributed by atoms with Crippen molar-refractivity contribution in [3.63, 3.8) is 0 Å². The molecule has 5 unspecified atom stereocenters. The number of hydrogen-bond donors (Lipinski definition) is 4. The van der Waals surface area contributed by atoms with Gasteiger partial charge in [-0.3, -0.25) is 4.98 Å². The number of pyridine rings is 1. The molecule has 0 saturated carbocycles. The highest BCUT2D eigenvalue weighted by molar-refractivity contribution is 5.53. The summed E-state index contributed by atoms with van der Waals surface area (Å²) in [4.78, 5) is 4.25. The van der Waals surface area contributed by atoms with E-state index in [1.165, 1.54) is 0 Å². The summed E-state index contributed by atoms with van der Waals surface area (Å²) in [5.74, 6) is 0.410. The van der Waals surface area contributed by atoms with Gasteiger partial charge in [-0.15, -0.1) is 5.10 Å². The molecule has 10 heteroatoms. The van der Waals surface area contributed by atoms with Gasteiger partial charge in [-0.05, 0) is 42.8 Å². The standard InChI is InChI=1S/C20H22N4O6/c1-11-8-12(24-9-14(22-23-24)13-4-2-3-7-21-13)5-6-15(11)29-20-19(28)18(27)17(26)16(10-25)30-20/h2-9,16-20,25-28H,10H2,1H3. The molecule has 1 aliphatic rings. The maximum atomic E-state index is 10.1. The molecule has 0 spiro atoms. The lowest BCUT2D eigenvalue weighted by Crippen LogP contribution is -2.60. The van der Waals surface area contributed by atoms with Gasteiger partial charge in [0.15, 0.2) is 0 Å². The molecule has 0 bridgehead atoms. The van der Waals surface area contributed by atoms with Crippen LogP contribution in [0.4, 0.5) is 0 Å². The number of aliphatic hydroxyl groups is 4. The van der Waals surface area contributed by atoms with E-state index in [-0.39, 0.29) is 0 Å². The van der Waals surface area contributed by atoms with Crippen molar-refractivity contribution in [2.24, 2.45) is 0 Å². The van der Waals surface area contributed by atoms with E-state index in [1.807, 2.05) is 24.3 Å². The number of ether oxygens (including phenoxy) is 2. The molecule has 1 aromatic carbocycles. The van der Waals surface area contributed by atoms with Gasteiger partial charge in [-0.25, -0.2) is 4.68 Å². The highest BCUT2D eigenvalue weighted by Crippen LogP contribution is 2.28. The monoisotopic (exact) mass is 414 g/mol. The minimum Gasteiger partial charge on any atom is -0.462 e. The Bertz CT molecular complexity index is 996. The van der Waals surface area contributed by atoms with Crippen LogP contribution in [-0.2, 0) is 4.74 Å². The van der Waals surface area contributed by atoms with Gasteiger partial charge in [0.25, 0.3) is 0 Å². The molecule has 2 aromatic heterocycles. The van der Waals surface area contributed by atoms with Crippen molar-refractivity contribution in [1.82, 2.24) is 20.0 Å². The summed E-state index contributed by atoms with van der Waals surface area (Å²) in [5, 5.41) is 47.5. The number of benzene rings is 1. The second kappa shape index (κ2) is 8.46. The molecular formula is C20H22N4O6. The fourth-order valence-corrected chi connectivity index (χ4v) is 3.22. The molecule has 0 radical (unpaired) electrons. The molecule has 3 heterocycles. The predicted octanol–water partition coefficient (Wildman–Crippen LogP) is -0.184. The third-order valence-electron chi connectivity index (χ3n) is 4.94. The smallest absolute Gasteiger partial charge is 0.229 e. The molecule has 158 valence electrons. The van der Waals surface area contributed by atoms with Crippen molar-refractivity contribution in [1.29, 1.82) is 0 Å². The molecular weight excluding hydrogens is 392 g/mol. The Morgan fingerprint density at radius 3 is 2.60 bits per heavy atom. The van der Waals surface area contributed by atoms with E-state index in [0.29, 0.717) is 17.1 Å². The third-order valence-corrected chi connectivity index (χ3v) is 4.94. The first-order chi connectivity index (χ1) is 14.5. The molecule has 10 nitrogen and oxygen atoms in total. The molecule has 4 rings (SSSR count). The molecule has 1 fully saturated rings. The van der Waals surface area contributed by atoms with Crippen LogP contribution in [0.3, 0.4) is 0 Å². The number of hydrogen-bond acceptors (Lipinski definition) is 9. The van der Waals surface area contributed by atoms with Gasteiger partial charge >= 0.3 is 0 Å². The van der Waals surface area contributed by atoms with Gasteiger partial charge in [-0.2, -0.15) is 0 Å². The number of nitrogens with zero attached hydrogens (tertiary/aromatic N) is 4. The summed E-state index contributed by atoms with van der Waals surface area (Å²) in [6.45, 7) is 1.28. The Hall–Kier alpha value is -2.89. The lowest BCUT2D eigenvalue weighted by Gasteiger charge is -2.39. The van der Waals surface area contributed by atoms with Crippen molar-refractivity contribution in [2.45, 2.75) is 37.6 Å². The van der Waals surface area contributed by atoms with Crippen LogP contribution in [0.1, 0.15) is 5.56 Å². The SMILES string of the molecule is Cc1cc(-n2cc(-c3ccccn3)nn2)ccc1OC1OC(CO)C(O)C(O)C1O. The van der Waals surface area contributed by atoms with Gasteiger partial charge < -0.3 is 29.9 Å². The second-order valence-corrected chi connectivity index (χ2v) is 7.03. The molecule has 5 atom stereocenters. The van der Waals surface area contributed by atoms with Crippen molar-refractivity contribution < 1.29 is 29.9 Å². The van der Waals surface area contributed by atoms with Gasteiger partial charge in [-0.1, -0.05) is 11.3 Å². The summed E-state index contributed by atoms with van der Waals surface area (Å²) in [7, 11) is 0. The van der Waals surface area contributed by atoms with Crippen molar-refractivity contribution in [3.8, 4) is 22.8 Å². The third kappa shape index (κ3) is 3.91. The number of rotatable bonds is 5. The van der Waals surface area contributed by atoms with E-state index in [4.69, 9.17) is 9.47 Å². The van der Waals surface area contributed by atoms with Gasteiger partial charge in [0.05, 0.1) is 24.2 Å². The topological polar surface area (TPSA) is 143 Å². The number of aliphatic hydroxyl groups excluding tert-OH is 4. The minimum atomic E-state index is -1.50. The lowest BCUT2D eigenvalue weighted by atomic mass is 9.99. The van der Waals surface area contributed by atoms with Crippen molar-refractivity contribution in [3.05, 3.63) is 54.4 Å². The zero-order chi connectivity index (χ0) is 21.3. The van der Waals surface area contributed by atoms with E-state index >= 15 is 0 Å². The zero-order valence-corrected chi connectivity index (χ0v) is 16.1. The predicted molar refractivity (Wildman–Crippen MR) is 104 cm³/mol. The van der Waals surface area contributed by atoms with Crippen LogP contribution in [0.25, 0.3) is 17.1 Å². The largest absolute Gasteiger partial charge is 0.462 e. The average Bonchev–Trinajstić information content (AvgIpc) is 3.26. The van der Waals surface area contributed by atoms with E-state index in [0.717, 1.165) is 11.3 Å². The van der Waals surface area contributed by atoms with Crippen molar-refractivity contribution in [2.75, 3.05) is 6.61 Å². The quantitative estimate of drug-likeness (QED) is 0.447. The van der Waals surface area contributed by atoms with Crippen LogP contribution in [0, 0.1) is 6.92 Å². The Morgan fingerprint density at radius 1 is 1.07 bits per heavy atom. The first-order valence-corrected chi connectivity index (χ1v) is 9.40. The Kier molecular flexibility index (Phi) is 5.75. The second-order valence-electron chi connectivity index (χ2n) is 7.03.